The zero-order valence-electron chi connectivity index (χ0n) is 11.1. The van der Waals surface area contributed by atoms with Gasteiger partial charge in [0, 0.05) is 19.3 Å². The number of anilines is 1. The van der Waals surface area contributed by atoms with Crippen LogP contribution in [0.5, 0.6) is 0 Å². The van der Waals surface area contributed by atoms with E-state index in [1.54, 1.807) is 6.92 Å². The largest absolute Gasteiger partial charge is 0.469 e. The molecule has 0 fully saturated rings. The van der Waals surface area contributed by atoms with Gasteiger partial charge in [0.05, 0.1) is 18.6 Å². The van der Waals surface area contributed by atoms with Crippen LogP contribution in [0.15, 0.2) is 18.2 Å². The van der Waals surface area contributed by atoms with Crippen molar-refractivity contribution in [2.24, 2.45) is 5.92 Å². The molecule has 5 nitrogen and oxygen atoms in total. The summed E-state index contributed by atoms with van der Waals surface area (Å²) >= 11 is 0. The summed E-state index contributed by atoms with van der Waals surface area (Å²) in [7, 11) is 2.77. The van der Waals surface area contributed by atoms with Gasteiger partial charge in [-0.2, -0.15) is 0 Å². The van der Waals surface area contributed by atoms with E-state index in [0.717, 1.165) is 6.07 Å². The summed E-state index contributed by atoms with van der Waals surface area (Å²) in [6, 6.07) is 3.79. The Bertz CT molecular complexity index is 491. The molecule has 1 atom stereocenters. The van der Waals surface area contributed by atoms with Gasteiger partial charge in [-0.1, -0.05) is 6.92 Å². The van der Waals surface area contributed by atoms with Crippen molar-refractivity contribution in [3.8, 4) is 0 Å². The molecule has 0 radical (unpaired) electrons. The molecule has 1 aromatic rings. The van der Waals surface area contributed by atoms with Crippen molar-refractivity contribution in [1.29, 1.82) is 0 Å². The van der Waals surface area contributed by atoms with Gasteiger partial charge in [-0.05, 0) is 18.2 Å². The maximum absolute atomic E-state index is 13.5. The van der Waals surface area contributed by atoms with Crippen molar-refractivity contribution >= 4 is 17.6 Å². The third-order valence-electron chi connectivity index (χ3n) is 2.72. The number of halogens is 1. The second-order valence-electron chi connectivity index (χ2n) is 4.35. The predicted octanol–water partition coefficient (Wildman–Crippen LogP) is 1.29. The van der Waals surface area contributed by atoms with Crippen molar-refractivity contribution in [2.75, 3.05) is 26.4 Å². The van der Waals surface area contributed by atoms with E-state index in [-0.39, 0.29) is 12.1 Å². The van der Waals surface area contributed by atoms with Gasteiger partial charge >= 0.3 is 5.97 Å². The van der Waals surface area contributed by atoms with E-state index < -0.39 is 23.6 Å². The average Bonchev–Trinajstić information content (AvgIpc) is 2.39. The van der Waals surface area contributed by atoms with Gasteiger partial charge in [-0.15, -0.1) is 0 Å². The first-order valence-electron chi connectivity index (χ1n) is 5.75. The maximum Gasteiger partial charge on any atom is 0.310 e. The van der Waals surface area contributed by atoms with E-state index in [0.29, 0.717) is 5.69 Å². The molecule has 6 heteroatoms. The fourth-order valence-electron chi connectivity index (χ4n) is 1.68. The topological polar surface area (TPSA) is 72.6 Å². The molecule has 0 bridgehead atoms. The molecule has 1 rings (SSSR count). The van der Waals surface area contributed by atoms with Gasteiger partial charge < -0.3 is 15.4 Å². The number of hydrogen-bond acceptors (Lipinski definition) is 4. The van der Waals surface area contributed by atoms with Gasteiger partial charge in [-0.25, -0.2) is 4.39 Å². The quantitative estimate of drug-likeness (QED) is 0.659. The van der Waals surface area contributed by atoms with Crippen LogP contribution in [0.4, 0.5) is 10.1 Å². The lowest BCUT2D eigenvalue weighted by Crippen LogP contribution is -2.34. The number of amides is 1. The Morgan fingerprint density at radius 3 is 2.68 bits per heavy atom. The van der Waals surface area contributed by atoms with Crippen molar-refractivity contribution < 1.29 is 18.7 Å². The van der Waals surface area contributed by atoms with Crippen molar-refractivity contribution in [1.82, 2.24) is 4.90 Å². The monoisotopic (exact) mass is 268 g/mol. The second-order valence-corrected chi connectivity index (χ2v) is 4.35. The molecule has 0 aliphatic heterocycles. The SMILES string of the molecule is COC(=O)C(C)CN(C)C(=O)c1cc(N)ccc1F. The third-order valence-corrected chi connectivity index (χ3v) is 2.72. The van der Waals surface area contributed by atoms with Crippen LogP contribution in [-0.2, 0) is 9.53 Å². The summed E-state index contributed by atoms with van der Waals surface area (Å²) in [6.45, 7) is 1.77. The summed E-state index contributed by atoms with van der Waals surface area (Å²) in [4.78, 5) is 24.6. The summed E-state index contributed by atoms with van der Waals surface area (Å²) in [5.41, 5.74) is 5.72. The van der Waals surface area contributed by atoms with Crippen LogP contribution in [0.3, 0.4) is 0 Å². The Morgan fingerprint density at radius 2 is 2.11 bits per heavy atom. The minimum Gasteiger partial charge on any atom is -0.469 e. The Balaban J connectivity index is 2.82. The zero-order chi connectivity index (χ0) is 14.6. The van der Waals surface area contributed by atoms with E-state index >= 15 is 0 Å². The minimum atomic E-state index is -0.642. The van der Waals surface area contributed by atoms with E-state index in [4.69, 9.17) is 5.73 Å². The molecule has 1 unspecified atom stereocenters. The lowest BCUT2D eigenvalue weighted by Gasteiger charge is -2.20. The molecule has 0 saturated carbocycles. The molecule has 0 saturated heterocycles. The van der Waals surface area contributed by atoms with Crippen LogP contribution in [-0.4, -0.2) is 37.5 Å². The summed E-state index contributed by atoms with van der Waals surface area (Å²) < 4.78 is 18.1. The first-order valence-corrected chi connectivity index (χ1v) is 5.75. The van der Waals surface area contributed by atoms with Crippen molar-refractivity contribution in [3.05, 3.63) is 29.6 Å². The number of methoxy groups -OCH3 is 1. The zero-order valence-corrected chi connectivity index (χ0v) is 11.1. The highest BCUT2D eigenvalue weighted by Crippen LogP contribution is 2.14. The maximum atomic E-state index is 13.5. The van der Waals surface area contributed by atoms with Gasteiger partial charge in [0.25, 0.3) is 5.91 Å². The molecule has 19 heavy (non-hydrogen) atoms. The molecule has 2 N–H and O–H groups in total. The van der Waals surface area contributed by atoms with Crippen LogP contribution in [0, 0.1) is 11.7 Å². The highest BCUT2D eigenvalue weighted by Gasteiger charge is 2.21. The number of esters is 1. The molecule has 0 heterocycles. The molecule has 0 spiro atoms. The lowest BCUT2D eigenvalue weighted by atomic mass is 10.1. The smallest absolute Gasteiger partial charge is 0.310 e. The number of carbonyl (C=O) groups excluding carboxylic acids is 2. The Morgan fingerprint density at radius 1 is 1.47 bits per heavy atom. The van der Waals surface area contributed by atoms with Gasteiger partial charge in [0.2, 0.25) is 0 Å². The fraction of sp³-hybridized carbons (Fsp3) is 0.385. The van der Waals surface area contributed by atoms with Crippen LogP contribution < -0.4 is 5.73 Å². The highest BCUT2D eigenvalue weighted by atomic mass is 19.1. The summed E-state index contributed by atoms with van der Waals surface area (Å²) in [6.07, 6.45) is 0. The van der Waals surface area contributed by atoms with E-state index in [9.17, 15) is 14.0 Å². The first-order chi connectivity index (χ1) is 8.86. The van der Waals surface area contributed by atoms with Gasteiger partial charge in [0.1, 0.15) is 5.82 Å². The molecular weight excluding hydrogens is 251 g/mol. The number of nitrogen functional groups attached to an aromatic ring is 1. The molecule has 1 aromatic carbocycles. The van der Waals surface area contributed by atoms with Gasteiger partial charge in [-0.3, -0.25) is 9.59 Å². The number of carbonyl (C=O) groups is 2. The van der Waals surface area contributed by atoms with E-state index in [1.807, 2.05) is 0 Å². The predicted molar refractivity (Wildman–Crippen MR) is 69.0 cm³/mol. The number of ether oxygens (including phenoxy) is 1. The number of benzene rings is 1. The van der Waals surface area contributed by atoms with E-state index in [2.05, 4.69) is 4.74 Å². The molecule has 104 valence electrons. The van der Waals surface area contributed by atoms with Crippen LogP contribution in [0.1, 0.15) is 17.3 Å². The first kappa shape index (κ1) is 14.9. The number of nitrogens with two attached hydrogens (primary N) is 1. The normalized spacial score (nSPS) is 11.8. The van der Waals surface area contributed by atoms with Crippen molar-refractivity contribution in [2.45, 2.75) is 6.92 Å². The third kappa shape index (κ3) is 3.67. The molecule has 1 amide bonds. The standard InChI is InChI=1S/C13H17FN2O3/c1-8(13(18)19-3)7-16(2)12(17)10-6-9(15)4-5-11(10)14/h4-6,8H,7,15H2,1-3H3. The van der Waals surface area contributed by atoms with Gasteiger partial charge in [0.15, 0.2) is 0 Å². The molecular formula is C13H17FN2O3. The van der Waals surface area contributed by atoms with Crippen LogP contribution >= 0.6 is 0 Å². The fourth-order valence-corrected chi connectivity index (χ4v) is 1.68. The number of hydrogen-bond donors (Lipinski definition) is 1. The minimum absolute atomic E-state index is 0.112. The lowest BCUT2D eigenvalue weighted by molar-refractivity contribution is -0.145. The number of nitrogens with zero attached hydrogens (tertiary/aromatic N) is 1. The highest BCUT2D eigenvalue weighted by molar-refractivity contribution is 5.95. The summed E-state index contributed by atoms with van der Waals surface area (Å²) in [5.74, 6) is -2.08. The molecule has 0 aliphatic carbocycles. The Labute approximate surface area is 111 Å². The number of rotatable bonds is 4. The van der Waals surface area contributed by atoms with Crippen LogP contribution in [0.25, 0.3) is 0 Å². The molecule has 0 aromatic heterocycles. The molecule has 0 aliphatic rings. The average molecular weight is 268 g/mol. The van der Waals surface area contributed by atoms with Crippen molar-refractivity contribution in [3.63, 3.8) is 0 Å². The Kier molecular flexibility index (Phi) is 4.86. The van der Waals surface area contributed by atoms with Crippen LogP contribution in [0.2, 0.25) is 0 Å². The summed E-state index contributed by atoms with van der Waals surface area (Å²) in [5, 5.41) is 0. The van der Waals surface area contributed by atoms with E-state index in [1.165, 1.54) is 31.2 Å². The Hall–Kier alpha value is -2.11. The second kappa shape index (κ2) is 6.17.